The van der Waals surface area contributed by atoms with Gasteiger partial charge in [0.15, 0.2) is 17.1 Å². The standard InChI is InChI=1S/C17H15NO5/c1-10(19)22-14-9-16(21-3)15(20-2)8-11(14)17-18-12-6-4-5-7-13(12)23-17/h4-9H,1-3H3. The largest absolute Gasteiger partial charge is 0.493 e. The Morgan fingerprint density at radius 2 is 1.74 bits per heavy atom. The molecule has 1 heterocycles. The number of methoxy groups -OCH3 is 2. The molecule has 0 atom stereocenters. The van der Waals surface area contributed by atoms with Crippen LogP contribution in [0.1, 0.15) is 6.92 Å². The maximum absolute atomic E-state index is 11.4. The summed E-state index contributed by atoms with van der Waals surface area (Å²) in [7, 11) is 3.04. The highest BCUT2D eigenvalue weighted by Gasteiger charge is 2.19. The quantitative estimate of drug-likeness (QED) is 0.543. The summed E-state index contributed by atoms with van der Waals surface area (Å²) in [6.07, 6.45) is 0. The fourth-order valence-electron chi connectivity index (χ4n) is 2.25. The van der Waals surface area contributed by atoms with E-state index in [9.17, 15) is 4.79 Å². The highest BCUT2D eigenvalue weighted by molar-refractivity contribution is 5.80. The topological polar surface area (TPSA) is 70.8 Å². The van der Waals surface area contributed by atoms with Crippen molar-refractivity contribution >= 4 is 17.1 Å². The zero-order chi connectivity index (χ0) is 16.4. The number of nitrogens with zero attached hydrogens (tertiary/aromatic N) is 1. The number of para-hydroxylation sites is 2. The minimum Gasteiger partial charge on any atom is -0.493 e. The molecular weight excluding hydrogens is 298 g/mol. The number of carbonyl (C=O) groups is 1. The first-order valence-electron chi connectivity index (χ1n) is 6.92. The van der Waals surface area contributed by atoms with Crippen LogP contribution >= 0.6 is 0 Å². The van der Waals surface area contributed by atoms with Crippen LogP contribution in [0.5, 0.6) is 17.2 Å². The molecule has 118 valence electrons. The van der Waals surface area contributed by atoms with E-state index in [0.29, 0.717) is 39.8 Å². The molecule has 23 heavy (non-hydrogen) atoms. The zero-order valence-electron chi connectivity index (χ0n) is 13.0. The van der Waals surface area contributed by atoms with Crippen LogP contribution in [-0.2, 0) is 4.79 Å². The summed E-state index contributed by atoms with van der Waals surface area (Å²) in [6, 6.07) is 10.6. The van der Waals surface area contributed by atoms with Gasteiger partial charge in [-0.2, -0.15) is 0 Å². The lowest BCUT2D eigenvalue weighted by Crippen LogP contribution is -2.04. The molecule has 0 aliphatic rings. The van der Waals surface area contributed by atoms with Crippen molar-refractivity contribution in [1.82, 2.24) is 4.98 Å². The number of aromatic nitrogens is 1. The monoisotopic (exact) mass is 313 g/mol. The lowest BCUT2D eigenvalue weighted by molar-refractivity contribution is -0.131. The third kappa shape index (κ3) is 2.83. The molecule has 0 saturated carbocycles. The van der Waals surface area contributed by atoms with Crippen LogP contribution in [0.15, 0.2) is 40.8 Å². The molecule has 0 fully saturated rings. The Morgan fingerprint density at radius 3 is 2.39 bits per heavy atom. The van der Waals surface area contributed by atoms with Crippen molar-refractivity contribution in [1.29, 1.82) is 0 Å². The van der Waals surface area contributed by atoms with Gasteiger partial charge in [0.2, 0.25) is 5.89 Å². The summed E-state index contributed by atoms with van der Waals surface area (Å²) in [4.78, 5) is 15.8. The van der Waals surface area contributed by atoms with Gasteiger partial charge >= 0.3 is 5.97 Å². The Hall–Kier alpha value is -3.02. The number of hydrogen-bond acceptors (Lipinski definition) is 6. The number of benzene rings is 2. The average molecular weight is 313 g/mol. The molecular formula is C17H15NO5. The SMILES string of the molecule is COc1cc(OC(C)=O)c(-c2nc3ccccc3o2)cc1OC. The van der Waals surface area contributed by atoms with Crippen molar-refractivity contribution in [3.63, 3.8) is 0 Å². The maximum Gasteiger partial charge on any atom is 0.308 e. The zero-order valence-corrected chi connectivity index (χ0v) is 13.0. The Balaban J connectivity index is 2.20. The van der Waals surface area contributed by atoms with E-state index in [0.717, 1.165) is 0 Å². The van der Waals surface area contributed by atoms with E-state index in [4.69, 9.17) is 18.6 Å². The Morgan fingerprint density at radius 1 is 1.04 bits per heavy atom. The second-order valence-corrected chi connectivity index (χ2v) is 4.78. The van der Waals surface area contributed by atoms with E-state index in [2.05, 4.69) is 4.98 Å². The summed E-state index contributed by atoms with van der Waals surface area (Å²) in [6.45, 7) is 1.33. The molecule has 0 N–H and O–H groups in total. The minimum absolute atomic E-state index is 0.293. The molecule has 0 aliphatic heterocycles. The predicted molar refractivity (Wildman–Crippen MR) is 83.9 cm³/mol. The van der Waals surface area contributed by atoms with Gasteiger partial charge in [-0.15, -0.1) is 0 Å². The highest BCUT2D eigenvalue weighted by Crippen LogP contribution is 2.40. The molecule has 0 amide bonds. The summed E-state index contributed by atoms with van der Waals surface area (Å²) in [5, 5.41) is 0. The summed E-state index contributed by atoms with van der Waals surface area (Å²) in [5.74, 6) is 1.11. The van der Waals surface area contributed by atoms with Crippen LogP contribution in [0.3, 0.4) is 0 Å². The molecule has 1 aromatic heterocycles. The van der Waals surface area contributed by atoms with Crippen LogP contribution in [0.4, 0.5) is 0 Å². The number of esters is 1. The first-order chi connectivity index (χ1) is 11.1. The van der Waals surface area contributed by atoms with Gasteiger partial charge in [-0.3, -0.25) is 4.79 Å². The highest BCUT2D eigenvalue weighted by atomic mass is 16.5. The van der Waals surface area contributed by atoms with Gasteiger partial charge < -0.3 is 18.6 Å². The Kier molecular flexibility index (Phi) is 3.89. The van der Waals surface area contributed by atoms with Crippen molar-refractivity contribution in [2.24, 2.45) is 0 Å². The molecule has 6 nitrogen and oxygen atoms in total. The second-order valence-electron chi connectivity index (χ2n) is 4.78. The summed E-state index contributed by atoms with van der Waals surface area (Å²) >= 11 is 0. The third-order valence-electron chi connectivity index (χ3n) is 3.26. The van der Waals surface area contributed by atoms with Gasteiger partial charge in [0.25, 0.3) is 0 Å². The molecule has 2 aromatic carbocycles. The van der Waals surface area contributed by atoms with Gasteiger partial charge in [-0.1, -0.05) is 12.1 Å². The fraction of sp³-hybridized carbons (Fsp3) is 0.176. The molecule has 0 saturated heterocycles. The lowest BCUT2D eigenvalue weighted by atomic mass is 10.1. The number of carbonyl (C=O) groups excluding carboxylic acids is 1. The molecule has 3 rings (SSSR count). The van der Waals surface area contributed by atoms with Crippen molar-refractivity contribution in [3.8, 4) is 28.7 Å². The van der Waals surface area contributed by atoms with Crippen LogP contribution in [0.25, 0.3) is 22.6 Å². The van der Waals surface area contributed by atoms with Crippen LogP contribution < -0.4 is 14.2 Å². The fourth-order valence-corrected chi connectivity index (χ4v) is 2.25. The molecule has 0 bridgehead atoms. The van der Waals surface area contributed by atoms with Gasteiger partial charge in [-0.05, 0) is 12.1 Å². The van der Waals surface area contributed by atoms with Gasteiger partial charge in [0.05, 0.1) is 19.8 Å². The van der Waals surface area contributed by atoms with Crippen molar-refractivity contribution < 1.29 is 23.4 Å². The molecule has 3 aromatic rings. The molecule has 0 radical (unpaired) electrons. The number of oxazole rings is 1. The Labute approximate surface area is 132 Å². The first-order valence-corrected chi connectivity index (χ1v) is 6.92. The average Bonchev–Trinajstić information content (AvgIpc) is 2.97. The van der Waals surface area contributed by atoms with Crippen LogP contribution in [0, 0.1) is 0 Å². The van der Waals surface area contributed by atoms with Crippen LogP contribution in [-0.4, -0.2) is 25.2 Å². The predicted octanol–water partition coefficient (Wildman–Crippen LogP) is 3.44. The Bertz CT molecular complexity index is 836. The number of fused-ring (bicyclic) bond motifs is 1. The molecule has 0 aliphatic carbocycles. The molecule has 6 heteroatoms. The van der Waals surface area contributed by atoms with E-state index in [1.54, 1.807) is 12.1 Å². The third-order valence-corrected chi connectivity index (χ3v) is 3.26. The summed E-state index contributed by atoms with van der Waals surface area (Å²) < 4.78 is 21.6. The summed E-state index contributed by atoms with van der Waals surface area (Å²) in [5.41, 5.74) is 1.87. The van der Waals surface area contributed by atoms with Gasteiger partial charge in [0, 0.05) is 19.1 Å². The van der Waals surface area contributed by atoms with E-state index in [-0.39, 0.29) is 0 Å². The maximum atomic E-state index is 11.4. The van der Waals surface area contributed by atoms with E-state index in [1.165, 1.54) is 21.1 Å². The van der Waals surface area contributed by atoms with E-state index >= 15 is 0 Å². The number of ether oxygens (including phenoxy) is 3. The van der Waals surface area contributed by atoms with Crippen molar-refractivity contribution in [2.75, 3.05) is 14.2 Å². The van der Waals surface area contributed by atoms with E-state index < -0.39 is 5.97 Å². The number of rotatable bonds is 4. The number of hydrogen-bond donors (Lipinski definition) is 0. The van der Waals surface area contributed by atoms with Crippen molar-refractivity contribution in [3.05, 3.63) is 36.4 Å². The van der Waals surface area contributed by atoms with Crippen LogP contribution in [0.2, 0.25) is 0 Å². The first kappa shape index (κ1) is 14.9. The molecule has 0 unspecified atom stereocenters. The van der Waals surface area contributed by atoms with E-state index in [1.807, 2.05) is 24.3 Å². The normalized spacial score (nSPS) is 10.6. The van der Waals surface area contributed by atoms with Gasteiger partial charge in [-0.25, -0.2) is 4.98 Å². The minimum atomic E-state index is -0.449. The second kappa shape index (κ2) is 6.00. The van der Waals surface area contributed by atoms with Gasteiger partial charge in [0.1, 0.15) is 11.3 Å². The molecule has 0 spiro atoms. The lowest BCUT2D eigenvalue weighted by Gasteiger charge is -2.12. The van der Waals surface area contributed by atoms with Crippen molar-refractivity contribution in [2.45, 2.75) is 6.92 Å². The smallest absolute Gasteiger partial charge is 0.308 e.